The third-order valence-electron chi connectivity index (χ3n) is 6.12. The lowest BCUT2D eigenvalue weighted by molar-refractivity contribution is -0.127. The highest BCUT2D eigenvalue weighted by molar-refractivity contribution is 5.89. The van der Waals surface area contributed by atoms with Gasteiger partial charge in [-0.05, 0) is 30.2 Å². The van der Waals surface area contributed by atoms with Crippen molar-refractivity contribution in [3.63, 3.8) is 0 Å². The Balaban J connectivity index is 1.34. The number of nitrogens with one attached hydrogen (secondary N) is 1. The van der Waals surface area contributed by atoms with Gasteiger partial charge in [-0.3, -0.25) is 14.6 Å². The van der Waals surface area contributed by atoms with E-state index in [1.54, 1.807) is 6.07 Å². The van der Waals surface area contributed by atoms with Gasteiger partial charge in [-0.25, -0.2) is 14.2 Å². The molecule has 1 aromatic heterocycles. The van der Waals surface area contributed by atoms with Crippen LogP contribution in [0.3, 0.4) is 0 Å². The number of rotatable bonds is 8. The minimum atomic E-state index is -0.704. The number of aromatic nitrogens is 2. The monoisotopic (exact) mass is 468 g/mol. The number of anilines is 2. The number of hydrogen-bond donors (Lipinski definition) is 1. The van der Waals surface area contributed by atoms with Crippen LogP contribution < -0.4 is 10.2 Å². The first kappa shape index (κ1) is 23.6. The minimum Gasteiger partial charge on any atom is -0.447 e. The van der Waals surface area contributed by atoms with Crippen LogP contribution in [0.5, 0.6) is 0 Å². The highest BCUT2D eigenvalue weighted by Gasteiger charge is 2.35. The SMILES string of the molecule is C=CC(=O)N1CCN(Cc2ccc([C@H](C)Nc3nccc(N4C(=O)OC[C@@H]4CF)n3)cc2)CC1. The molecular formula is C24H29FN6O3. The van der Waals surface area contributed by atoms with Crippen LogP contribution in [-0.4, -0.2) is 77.3 Å². The number of benzene rings is 1. The molecule has 0 radical (unpaired) electrons. The first-order valence-corrected chi connectivity index (χ1v) is 11.3. The smallest absolute Gasteiger partial charge is 0.416 e. The Bertz CT molecular complexity index is 1030. The molecule has 0 saturated carbocycles. The summed E-state index contributed by atoms with van der Waals surface area (Å²) in [5.41, 5.74) is 2.25. The zero-order valence-electron chi connectivity index (χ0n) is 19.2. The van der Waals surface area contributed by atoms with Crippen molar-refractivity contribution in [3.8, 4) is 0 Å². The summed E-state index contributed by atoms with van der Waals surface area (Å²) in [6.07, 6.45) is 2.29. The van der Waals surface area contributed by atoms with E-state index in [4.69, 9.17) is 4.74 Å². The van der Waals surface area contributed by atoms with E-state index in [0.29, 0.717) is 24.9 Å². The Hall–Kier alpha value is -3.53. The largest absolute Gasteiger partial charge is 0.447 e. The molecule has 2 fully saturated rings. The predicted octanol–water partition coefficient (Wildman–Crippen LogP) is 2.77. The fourth-order valence-corrected chi connectivity index (χ4v) is 4.11. The van der Waals surface area contributed by atoms with Crippen LogP contribution in [0.4, 0.5) is 21.0 Å². The first-order valence-electron chi connectivity index (χ1n) is 11.3. The second kappa shape index (κ2) is 10.6. The summed E-state index contributed by atoms with van der Waals surface area (Å²) in [7, 11) is 0. The summed E-state index contributed by atoms with van der Waals surface area (Å²) >= 11 is 0. The number of alkyl halides is 1. The van der Waals surface area contributed by atoms with E-state index in [9.17, 15) is 14.0 Å². The first-order chi connectivity index (χ1) is 16.5. The van der Waals surface area contributed by atoms with E-state index in [1.807, 2.05) is 11.8 Å². The topological polar surface area (TPSA) is 90.9 Å². The van der Waals surface area contributed by atoms with Crippen molar-refractivity contribution in [1.82, 2.24) is 19.8 Å². The number of carbonyl (C=O) groups is 2. The van der Waals surface area contributed by atoms with E-state index in [0.717, 1.165) is 25.2 Å². The standard InChI is InChI=1S/C24H29FN6O3/c1-3-22(32)30-12-10-29(11-13-30)15-18-4-6-19(7-5-18)17(2)27-23-26-9-8-21(28-23)31-20(14-25)16-34-24(31)33/h3-9,17,20H,1,10-16H2,2H3,(H,26,27,28)/t17-,20-/m0/s1. The third-order valence-corrected chi connectivity index (χ3v) is 6.12. The maximum absolute atomic E-state index is 13.2. The Labute approximate surface area is 198 Å². The van der Waals surface area contributed by atoms with Gasteiger partial charge in [0.05, 0.1) is 6.04 Å². The molecule has 0 unspecified atom stereocenters. The Morgan fingerprint density at radius 2 is 2.00 bits per heavy atom. The summed E-state index contributed by atoms with van der Waals surface area (Å²) in [4.78, 5) is 37.7. The van der Waals surface area contributed by atoms with Crippen LogP contribution in [0.15, 0.2) is 49.2 Å². The molecule has 34 heavy (non-hydrogen) atoms. The summed E-state index contributed by atoms with van der Waals surface area (Å²) in [5.74, 6) is 0.640. The second-order valence-corrected chi connectivity index (χ2v) is 8.41. The molecule has 4 rings (SSSR count). The molecule has 180 valence electrons. The van der Waals surface area contributed by atoms with Crippen molar-refractivity contribution < 1.29 is 18.7 Å². The Morgan fingerprint density at radius 3 is 2.68 bits per heavy atom. The maximum Gasteiger partial charge on any atom is 0.416 e. The van der Waals surface area contributed by atoms with Crippen molar-refractivity contribution in [2.24, 2.45) is 0 Å². The van der Waals surface area contributed by atoms with E-state index in [1.165, 1.54) is 22.7 Å². The molecule has 2 amide bonds. The number of hydrogen-bond acceptors (Lipinski definition) is 7. The third kappa shape index (κ3) is 5.33. The molecule has 0 aliphatic carbocycles. The summed E-state index contributed by atoms with van der Waals surface area (Å²) in [6.45, 7) is 8.77. The lowest BCUT2D eigenvalue weighted by atomic mass is 10.1. The van der Waals surface area contributed by atoms with Gasteiger partial charge >= 0.3 is 6.09 Å². The van der Waals surface area contributed by atoms with Gasteiger partial charge < -0.3 is 15.0 Å². The van der Waals surface area contributed by atoms with Gasteiger partial charge in [0.15, 0.2) is 0 Å². The van der Waals surface area contributed by atoms with Crippen molar-refractivity contribution in [1.29, 1.82) is 0 Å². The molecule has 2 aromatic rings. The average Bonchev–Trinajstić information content (AvgIpc) is 3.25. The van der Waals surface area contributed by atoms with Crippen LogP contribution >= 0.6 is 0 Å². The van der Waals surface area contributed by atoms with Gasteiger partial charge in [0, 0.05) is 38.9 Å². The van der Waals surface area contributed by atoms with Crippen molar-refractivity contribution in [3.05, 3.63) is 60.3 Å². The molecule has 3 heterocycles. The average molecular weight is 469 g/mol. The van der Waals surface area contributed by atoms with Crippen LogP contribution in [-0.2, 0) is 16.1 Å². The molecule has 0 spiro atoms. The fraction of sp³-hybridized carbons (Fsp3) is 0.417. The van der Waals surface area contributed by atoms with Gasteiger partial charge in [-0.15, -0.1) is 0 Å². The molecule has 10 heteroatoms. The van der Waals surface area contributed by atoms with Crippen molar-refractivity contribution in [2.45, 2.75) is 25.6 Å². The van der Waals surface area contributed by atoms with E-state index < -0.39 is 18.8 Å². The zero-order valence-corrected chi connectivity index (χ0v) is 19.2. The van der Waals surface area contributed by atoms with E-state index >= 15 is 0 Å². The number of amides is 2. The summed E-state index contributed by atoms with van der Waals surface area (Å²) in [5, 5.41) is 3.24. The summed E-state index contributed by atoms with van der Waals surface area (Å²) < 4.78 is 18.2. The number of halogens is 1. The number of piperazine rings is 1. The van der Waals surface area contributed by atoms with Crippen molar-refractivity contribution >= 4 is 23.8 Å². The molecule has 2 aliphatic heterocycles. The maximum atomic E-state index is 13.2. The predicted molar refractivity (Wildman–Crippen MR) is 126 cm³/mol. The molecular weight excluding hydrogens is 439 g/mol. The van der Waals surface area contributed by atoms with Gasteiger partial charge in [0.2, 0.25) is 11.9 Å². The van der Waals surface area contributed by atoms with Gasteiger partial charge in [0.25, 0.3) is 0 Å². The second-order valence-electron chi connectivity index (χ2n) is 8.41. The van der Waals surface area contributed by atoms with Gasteiger partial charge in [-0.2, -0.15) is 4.98 Å². The lowest BCUT2D eigenvalue weighted by Gasteiger charge is -2.34. The molecule has 2 saturated heterocycles. The number of carbonyl (C=O) groups excluding carboxylic acids is 2. The molecule has 2 atom stereocenters. The van der Waals surface area contributed by atoms with Crippen LogP contribution in [0.2, 0.25) is 0 Å². The van der Waals surface area contributed by atoms with Gasteiger partial charge in [0.1, 0.15) is 25.1 Å². The Kier molecular flexibility index (Phi) is 7.36. The van der Waals surface area contributed by atoms with Crippen LogP contribution in [0, 0.1) is 0 Å². The molecule has 9 nitrogen and oxygen atoms in total. The molecule has 2 aliphatic rings. The normalized spacial score (nSPS) is 19.6. The Morgan fingerprint density at radius 1 is 1.26 bits per heavy atom. The minimum absolute atomic E-state index is 0.00742. The highest BCUT2D eigenvalue weighted by Crippen LogP contribution is 2.24. The number of nitrogens with zero attached hydrogens (tertiary/aromatic N) is 5. The number of cyclic esters (lactones) is 1. The molecule has 1 aromatic carbocycles. The van der Waals surface area contributed by atoms with Crippen LogP contribution in [0.1, 0.15) is 24.1 Å². The zero-order chi connectivity index (χ0) is 24.1. The quantitative estimate of drug-likeness (QED) is 0.596. The van der Waals surface area contributed by atoms with Crippen LogP contribution in [0.25, 0.3) is 0 Å². The molecule has 1 N–H and O–H groups in total. The fourth-order valence-electron chi connectivity index (χ4n) is 4.11. The van der Waals surface area contributed by atoms with E-state index in [2.05, 4.69) is 51.0 Å². The highest BCUT2D eigenvalue weighted by atomic mass is 19.1. The summed E-state index contributed by atoms with van der Waals surface area (Å²) in [6, 6.07) is 9.12. The lowest BCUT2D eigenvalue weighted by Crippen LogP contribution is -2.47. The van der Waals surface area contributed by atoms with Crippen molar-refractivity contribution in [2.75, 3.05) is 49.7 Å². The van der Waals surface area contributed by atoms with E-state index in [-0.39, 0.29) is 18.6 Å². The number of ether oxygens (including phenoxy) is 1. The van der Waals surface area contributed by atoms with Gasteiger partial charge in [-0.1, -0.05) is 30.8 Å². The molecule has 0 bridgehead atoms.